The highest BCUT2D eigenvalue weighted by Crippen LogP contribution is 2.35. The summed E-state index contributed by atoms with van der Waals surface area (Å²) in [6.07, 6.45) is 16.1. The molecule has 0 aliphatic carbocycles. The molecule has 4 nitrogen and oxygen atoms in total. The maximum atomic E-state index is 10.6. The molecule has 1 saturated heterocycles. The molecule has 0 bridgehead atoms. The molecule has 2 rings (SSSR count). The monoisotopic (exact) mass is 411 g/mol. The number of unbranched alkanes of at least 4 members (excludes halogenated alkanes) is 9. The molecule has 1 heterocycles. The van der Waals surface area contributed by atoms with Crippen LogP contribution in [0.15, 0.2) is 30.3 Å². The third-order valence-electron chi connectivity index (χ3n) is 5.28. The fourth-order valence-corrected chi connectivity index (χ4v) is 4.23. The molecule has 0 radical (unpaired) electrons. The summed E-state index contributed by atoms with van der Waals surface area (Å²) in [7, 11) is -3.74. The molecule has 1 aliphatic heterocycles. The van der Waals surface area contributed by atoms with E-state index in [0.29, 0.717) is 6.42 Å². The first kappa shape index (κ1) is 25.2. The summed E-state index contributed by atoms with van der Waals surface area (Å²) in [5.41, 5.74) is 1.39. The minimum absolute atomic E-state index is 0.0590. The molecule has 5 heteroatoms. The zero-order chi connectivity index (χ0) is 20.5. The van der Waals surface area contributed by atoms with Gasteiger partial charge in [0.15, 0.2) is 0 Å². The van der Waals surface area contributed by atoms with Crippen molar-refractivity contribution in [3.05, 3.63) is 30.3 Å². The minimum atomic E-state index is -3.74. The average molecular weight is 412 g/mol. The van der Waals surface area contributed by atoms with Crippen molar-refractivity contribution < 1.29 is 14.4 Å². The predicted octanol–water partition coefficient (Wildman–Crippen LogP) is 6.76. The van der Waals surface area contributed by atoms with Gasteiger partial charge in [-0.05, 0) is 37.8 Å². The van der Waals surface area contributed by atoms with Gasteiger partial charge in [-0.1, -0.05) is 82.9 Å². The number of rotatable bonds is 12. The Morgan fingerprint density at radius 2 is 1.29 bits per heavy atom. The Bertz CT molecular complexity index is 512. The Labute approximate surface area is 172 Å². The van der Waals surface area contributed by atoms with Crippen LogP contribution in [0.1, 0.15) is 90.4 Å². The van der Waals surface area contributed by atoms with Gasteiger partial charge in [-0.2, -0.15) is 0 Å². The number of hydrogen-bond donors (Lipinski definition) is 2. The van der Waals surface area contributed by atoms with E-state index in [4.69, 9.17) is 9.79 Å². The lowest BCUT2D eigenvalue weighted by Gasteiger charge is -2.28. The van der Waals surface area contributed by atoms with Crippen molar-refractivity contribution >= 4 is 13.3 Å². The van der Waals surface area contributed by atoms with E-state index in [1.54, 1.807) is 0 Å². The number of para-hydroxylation sites is 1. The molecule has 0 atom stereocenters. The van der Waals surface area contributed by atoms with Gasteiger partial charge in [0, 0.05) is 24.9 Å². The first-order valence-corrected chi connectivity index (χ1v) is 13.2. The van der Waals surface area contributed by atoms with Gasteiger partial charge in [0.2, 0.25) is 0 Å². The fourth-order valence-electron chi connectivity index (χ4n) is 3.60. The molecule has 2 N–H and O–H groups in total. The lowest BCUT2D eigenvalue weighted by atomic mass is 10.1. The minimum Gasteiger partial charge on any atom is -0.372 e. The van der Waals surface area contributed by atoms with Gasteiger partial charge in [-0.15, -0.1) is 0 Å². The van der Waals surface area contributed by atoms with Crippen LogP contribution < -0.4 is 4.90 Å². The van der Waals surface area contributed by atoms with Gasteiger partial charge in [0.05, 0.1) is 0 Å². The molecule has 0 aromatic heterocycles. The Hall–Kier alpha value is -0.830. The molecule has 1 aromatic rings. The molecule has 0 saturated carbocycles. The predicted molar refractivity (Wildman–Crippen MR) is 121 cm³/mol. The van der Waals surface area contributed by atoms with Crippen LogP contribution >= 0.6 is 7.60 Å². The topological polar surface area (TPSA) is 60.8 Å². The van der Waals surface area contributed by atoms with Gasteiger partial charge in [0.25, 0.3) is 0 Å². The Balaban J connectivity index is 0.000000289. The number of piperidine rings is 1. The molecule has 0 unspecified atom stereocenters. The van der Waals surface area contributed by atoms with Crippen LogP contribution in [0, 0.1) is 0 Å². The maximum Gasteiger partial charge on any atom is 0.325 e. The second-order valence-corrected chi connectivity index (χ2v) is 9.73. The smallest absolute Gasteiger partial charge is 0.325 e. The second-order valence-electron chi connectivity index (χ2n) is 7.95. The Kier molecular flexibility index (Phi) is 14.4. The van der Waals surface area contributed by atoms with Crippen LogP contribution in [0.3, 0.4) is 0 Å². The van der Waals surface area contributed by atoms with Crippen molar-refractivity contribution in [1.82, 2.24) is 0 Å². The summed E-state index contributed by atoms with van der Waals surface area (Å²) in [4.78, 5) is 19.8. The number of hydrogen-bond acceptors (Lipinski definition) is 2. The van der Waals surface area contributed by atoms with Gasteiger partial charge in [0.1, 0.15) is 0 Å². The van der Waals surface area contributed by atoms with Crippen LogP contribution in [0.4, 0.5) is 5.69 Å². The highest BCUT2D eigenvalue weighted by Gasteiger charge is 2.11. The van der Waals surface area contributed by atoms with Gasteiger partial charge in [-0.3, -0.25) is 4.57 Å². The quantitative estimate of drug-likeness (QED) is 0.294. The molecule has 28 heavy (non-hydrogen) atoms. The normalized spacial score (nSPS) is 14.5. The van der Waals surface area contributed by atoms with E-state index in [9.17, 15) is 4.57 Å². The van der Waals surface area contributed by atoms with E-state index < -0.39 is 7.60 Å². The van der Waals surface area contributed by atoms with E-state index in [2.05, 4.69) is 42.2 Å². The van der Waals surface area contributed by atoms with Crippen LogP contribution in [-0.4, -0.2) is 29.0 Å². The zero-order valence-corrected chi connectivity index (χ0v) is 18.8. The van der Waals surface area contributed by atoms with Gasteiger partial charge in [-0.25, -0.2) is 0 Å². The SMILES string of the molecule is CCCCCCCCCCCCP(=O)(O)O.c1ccc(N2CCCCC2)cc1. The number of anilines is 1. The lowest BCUT2D eigenvalue weighted by Crippen LogP contribution is -2.29. The third-order valence-corrected chi connectivity index (χ3v) is 6.18. The summed E-state index contributed by atoms with van der Waals surface area (Å²) in [5, 5.41) is 0. The molecule has 0 amide bonds. The third kappa shape index (κ3) is 14.2. The first-order valence-electron chi connectivity index (χ1n) is 11.4. The van der Waals surface area contributed by atoms with Crippen molar-refractivity contribution in [2.24, 2.45) is 0 Å². The second kappa shape index (κ2) is 16.0. The van der Waals surface area contributed by atoms with Gasteiger partial charge >= 0.3 is 7.60 Å². The van der Waals surface area contributed by atoms with E-state index >= 15 is 0 Å². The number of benzene rings is 1. The van der Waals surface area contributed by atoms with E-state index in [-0.39, 0.29) is 6.16 Å². The largest absolute Gasteiger partial charge is 0.372 e. The maximum absolute atomic E-state index is 10.6. The summed E-state index contributed by atoms with van der Waals surface area (Å²) in [6, 6.07) is 10.7. The van der Waals surface area contributed by atoms with Gasteiger partial charge < -0.3 is 14.7 Å². The zero-order valence-electron chi connectivity index (χ0n) is 17.9. The van der Waals surface area contributed by atoms with Crippen LogP contribution in [0.25, 0.3) is 0 Å². The van der Waals surface area contributed by atoms with Crippen molar-refractivity contribution in [2.45, 2.75) is 90.4 Å². The number of nitrogens with zero attached hydrogens (tertiary/aromatic N) is 1. The molecule has 162 valence electrons. The summed E-state index contributed by atoms with van der Waals surface area (Å²) in [5.74, 6) is 0. The van der Waals surface area contributed by atoms with Crippen molar-refractivity contribution in [3.8, 4) is 0 Å². The standard InChI is InChI=1S/C12H27O3P.C11H15N/c1-2-3-4-5-6-7-8-9-10-11-12-16(13,14)15;1-3-7-11(8-4-1)12-9-5-2-6-10-12/h2-12H2,1H3,(H2,13,14,15);1,3-4,7-8H,2,5-6,9-10H2. The molecular formula is C23H42NO3P. The highest BCUT2D eigenvalue weighted by atomic mass is 31.2. The average Bonchev–Trinajstić information content (AvgIpc) is 2.70. The van der Waals surface area contributed by atoms with Crippen molar-refractivity contribution in [3.63, 3.8) is 0 Å². The lowest BCUT2D eigenvalue weighted by molar-refractivity contribution is 0.370. The van der Waals surface area contributed by atoms with Crippen molar-refractivity contribution in [1.29, 1.82) is 0 Å². The van der Waals surface area contributed by atoms with Crippen molar-refractivity contribution in [2.75, 3.05) is 24.2 Å². The highest BCUT2D eigenvalue weighted by molar-refractivity contribution is 7.51. The fraction of sp³-hybridized carbons (Fsp3) is 0.739. The van der Waals surface area contributed by atoms with E-state index in [0.717, 1.165) is 12.8 Å². The summed E-state index contributed by atoms with van der Waals surface area (Å²) < 4.78 is 10.6. The van der Waals surface area contributed by atoms with Crippen LogP contribution in [-0.2, 0) is 4.57 Å². The Morgan fingerprint density at radius 1 is 0.786 bits per heavy atom. The first-order chi connectivity index (χ1) is 13.5. The Morgan fingerprint density at radius 3 is 1.79 bits per heavy atom. The molecule has 0 spiro atoms. The van der Waals surface area contributed by atoms with E-state index in [1.165, 1.54) is 83.0 Å². The molecule has 1 aromatic carbocycles. The van der Waals surface area contributed by atoms with E-state index in [1.807, 2.05) is 0 Å². The van der Waals surface area contributed by atoms with Crippen LogP contribution in [0.5, 0.6) is 0 Å². The molecule has 1 aliphatic rings. The molecule has 1 fully saturated rings. The summed E-state index contributed by atoms with van der Waals surface area (Å²) >= 11 is 0. The van der Waals surface area contributed by atoms with Crippen LogP contribution in [0.2, 0.25) is 0 Å². The molecular weight excluding hydrogens is 369 g/mol. The summed E-state index contributed by atoms with van der Waals surface area (Å²) in [6.45, 7) is 4.70.